The number of piperidine rings is 1. The van der Waals surface area contributed by atoms with Gasteiger partial charge in [0.25, 0.3) is 0 Å². The summed E-state index contributed by atoms with van der Waals surface area (Å²) in [5.74, 6) is 0.703. The van der Waals surface area contributed by atoms with E-state index in [4.69, 9.17) is 0 Å². The van der Waals surface area contributed by atoms with Crippen LogP contribution in [0, 0.1) is 5.92 Å². The van der Waals surface area contributed by atoms with Gasteiger partial charge in [0.1, 0.15) is 0 Å². The van der Waals surface area contributed by atoms with Crippen LogP contribution in [0.3, 0.4) is 0 Å². The molecule has 2 fully saturated rings. The number of hydrogen-bond donors (Lipinski definition) is 3. The maximum Gasteiger partial charge on any atom is 0.243 e. The molecule has 26 heavy (non-hydrogen) atoms. The molecule has 1 aromatic heterocycles. The van der Waals surface area contributed by atoms with Crippen LogP contribution in [0.1, 0.15) is 32.6 Å². The molecule has 2 aliphatic rings. The van der Waals surface area contributed by atoms with E-state index in [1.54, 1.807) is 18.5 Å². The number of aromatic nitrogens is 2. The summed E-state index contributed by atoms with van der Waals surface area (Å²) in [5, 5.41) is 9.06. The number of rotatable bonds is 6. The lowest BCUT2D eigenvalue weighted by molar-refractivity contribution is -0.124. The Kier molecular flexibility index (Phi) is 6.51. The Balaban J connectivity index is 1.46. The fourth-order valence-electron chi connectivity index (χ4n) is 3.64. The lowest BCUT2D eigenvalue weighted by Gasteiger charge is -2.36. The predicted octanol–water partition coefficient (Wildman–Crippen LogP) is 0.384. The van der Waals surface area contributed by atoms with E-state index < -0.39 is 0 Å². The highest BCUT2D eigenvalue weighted by Gasteiger charge is 2.29. The van der Waals surface area contributed by atoms with Crippen LogP contribution in [-0.2, 0) is 9.59 Å². The van der Waals surface area contributed by atoms with Crippen LogP contribution in [0.2, 0.25) is 0 Å². The summed E-state index contributed by atoms with van der Waals surface area (Å²) >= 11 is 0. The van der Waals surface area contributed by atoms with Crippen molar-refractivity contribution < 1.29 is 9.59 Å². The van der Waals surface area contributed by atoms with Crippen LogP contribution < -0.4 is 16.0 Å². The zero-order valence-electron chi connectivity index (χ0n) is 15.3. The summed E-state index contributed by atoms with van der Waals surface area (Å²) in [6.45, 7) is 5.19. The van der Waals surface area contributed by atoms with Crippen molar-refractivity contribution in [1.29, 1.82) is 0 Å². The van der Waals surface area contributed by atoms with E-state index in [1.165, 1.54) is 0 Å². The number of anilines is 1. The fraction of sp³-hybridized carbons (Fsp3) is 0.667. The first-order valence-corrected chi connectivity index (χ1v) is 9.46. The zero-order valence-corrected chi connectivity index (χ0v) is 15.3. The van der Waals surface area contributed by atoms with E-state index >= 15 is 0 Å². The first kappa shape index (κ1) is 18.7. The van der Waals surface area contributed by atoms with Crippen molar-refractivity contribution in [2.24, 2.45) is 5.92 Å². The molecule has 3 rings (SSSR count). The number of hydrogen-bond acceptors (Lipinski definition) is 6. The Bertz CT molecular complexity index is 605. The average Bonchev–Trinajstić information content (AvgIpc) is 3.21. The largest absolute Gasteiger partial charge is 0.354 e. The summed E-state index contributed by atoms with van der Waals surface area (Å²) < 4.78 is 0. The number of nitrogens with one attached hydrogen (secondary N) is 3. The van der Waals surface area contributed by atoms with Gasteiger partial charge in [0, 0.05) is 25.5 Å². The van der Waals surface area contributed by atoms with Crippen molar-refractivity contribution >= 4 is 17.8 Å². The van der Waals surface area contributed by atoms with Gasteiger partial charge in [-0.05, 0) is 57.7 Å². The third-order valence-corrected chi connectivity index (χ3v) is 5.22. The lowest BCUT2D eigenvalue weighted by Crippen LogP contribution is -2.50. The van der Waals surface area contributed by atoms with Crippen molar-refractivity contribution in [2.45, 2.75) is 44.7 Å². The normalized spacial score (nSPS) is 24.8. The minimum atomic E-state index is -0.256. The highest BCUT2D eigenvalue weighted by Crippen LogP contribution is 2.19. The van der Waals surface area contributed by atoms with Crippen LogP contribution >= 0.6 is 0 Å². The molecule has 8 heteroatoms. The second kappa shape index (κ2) is 9.05. The minimum Gasteiger partial charge on any atom is -0.354 e. The molecule has 0 aromatic carbocycles. The van der Waals surface area contributed by atoms with Gasteiger partial charge in [0.2, 0.25) is 17.8 Å². The molecule has 0 radical (unpaired) electrons. The van der Waals surface area contributed by atoms with Crippen LogP contribution in [-0.4, -0.2) is 64.9 Å². The summed E-state index contributed by atoms with van der Waals surface area (Å²) in [6.07, 6.45) is 7.29. The molecule has 2 saturated heterocycles. The SMILES string of the molecule is CC(C(=O)Nc1ncccn1)N1CCCC(CNC(=O)C2CCCN2)C1. The molecule has 1 aromatic rings. The Hall–Kier alpha value is -2.06. The fourth-order valence-corrected chi connectivity index (χ4v) is 3.64. The van der Waals surface area contributed by atoms with E-state index in [2.05, 4.69) is 30.8 Å². The number of nitrogens with zero attached hydrogens (tertiary/aromatic N) is 3. The van der Waals surface area contributed by atoms with Crippen LogP contribution in [0.25, 0.3) is 0 Å². The molecule has 8 nitrogen and oxygen atoms in total. The third-order valence-electron chi connectivity index (χ3n) is 5.22. The number of amides is 2. The van der Waals surface area contributed by atoms with Crippen molar-refractivity contribution in [3.05, 3.63) is 18.5 Å². The second-order valence-electron chi connectivity index (χ2n) is 7.13. The van der Waals surface area contributed by atoms with E-state index in [-0.39, 0.29) is 23.9 Å². The van der Waals surface area contributed by atoms with Crippen LogP contribution in [0.5, 0.6) is 0 Å². The molecular formula is C18H28N6O2. The third kappa shape index (κ3) is 4.98. The molecule has 3 N–H and O–H groups in total. The molecule has 2 aliphatic heterocycles. The van der Waals surface area contributed by atoms with Gasteiger partial charge in [-0.2, -0.15) is 0 Å². The monoisotopic (exact) mass is 360 g/mol. The van der Waals surface area contributed by atoms with Crippen LogP contribution in [0.4, 0.5) is 5.95 Å². The van der Waals surface area contributed by atoms with Gasteiger partial charge in [-0.15, -0.1) is 0 Å². The van der Waals surface area contributed by atoms with E-state index in [9.17, 15) is 9.59 Å². The molecule has 2 amide bonds. The molecule has 3 atom stereocenters. The highest BCUT2D eigenvalue weighted by molar-refractivity contribution is 5.93. The Labute approximate surface area is 154 Å². The standard InChI is InChI=1S/C18H28N6O2/c1-13(16(25)23-18-20-8-4-9-21-18)24-10-3-5-14(12-24)11-22-17(26)15-6-2-7-19-15/h4,8-9,13-15,19H,2-3,5-7,10-12H2,1H3,(H,22,26)(H,20,21,23,25). The van der Waals surface area contributed by atoms with Crippen LogP contribution in [0.15, 0.2) is 18.5 Å². The summed E-state index contributed by atoms with van der Waals surface area (Å²) in [6, 6.07) is 1.42. The van der Waals surface area contributed by atoms with Gasteiger partial charge in [-0.1, -0.05) is 0 Å². The van der Waals surface area contributed by atoms with Gasteiger partial charge in [-0.3, -0.25) is 19.8 Å². The predicted molar refractivity (Wildman–Crippen MR) is 98.5 cm³/mol. The Morgan fingerprint density at radius 2 is 2.12 bits per heavy atom. The number of carbonyl (C=O) groups excluding carboxylic acids is 2. The van der Waals surface area contributed by atoms with Gasteiger partial charge in [0.05, 0.1) is 12.1 Å². The molecular weight excluding hydrogens is 332 g/mol. The van der Waals surface area contributed by atoms with E-state index in [0.29, 0.717) is 18.4 Å². The molecule has 3 unspecified atom stereocenters. The quantitative estimate of drug-likeness (QED) is 0.678. The molecule has 142 valence electrons. The highest BCUT2D eigenvalue weighted by atomic mass is 16.2. The first-order valence-electron chi connectivity index (χ1n) is 9.46. The maximum absolute atomic E-state index is 12.4. The first-order chi connectivity index (χ1) is 12.6. The van der Waals surface area contributed by atoms with Gasteiger partial charge < -0.3 is 10.6 Å². The number of carbonyl (C=O) groups is 2. The molecule has 0 saturated carbocycles. The zero-order chi connectivity index (χ0) is 18.4. The second-order valence-corrected chi connectivity index (χ2v) is 7.13. The lowest BCUT2D eigenvalue weighted by atomic mass is 9.96. The van der Waals surface area contributed by atoms with Crippen molar-refractivity contribution in [3.8, 4) is 0 Å². The molecule has 0 bridgehead atoms. The van der Waals surface area contributed by atoms with Crippen molar-refractivity contribution in [2.75, 3.05) is 31.5 Å². The molecule has 0 spiro atoms. The molecule has 3 heterocycles. The van der Waals surface area contributed by atoms with Crippen molar-refractivity contribution in [3.63, 3.8) is 0 Å². The summed E-state index contributed by atoms with van der Waals surface area (Å²) in [7, 11) is 0. The minimum absolute atomic E-state index is 0.0368. The van der Waals surface area contributed by atoms with Crippen molar-refractivity contribution in [1.82, 2.24) is 25.5 Å². The maximum atomic E-state index is 12.4. The Morgan fingerprint density at radius 3 is 2.85 bits per heavy atom. The summed E-state index contributed by atoms with van der Waals surface area (Å²) in [4.78, 5) is 34.8. The Morgan fingerprint density at radius 1 is 1.31 bits per heavy atom. The van der Waals surface area contributed by atoms with Gasteiger partial charge >= 0.3 is 0 Å². The average molecular weight is 360 g/mol. The smallest absolute Gasteiger partial charge is 0.243 e. The van der Waals surface area contributed by atoms with Gasteiger partial charge in [-0.25, -0.2) is 9.97 Å². The van der Waals surface area contributed by atoms with E-state index in [0.717, 1.165) is 45.3 Å². The number of likely N-dealkylation sites (tertiary alicyclic amines) is 1. The van der Waals surface area contributed by atoms with E-state index in [1.807, 2.05) is 6.92 Å². The summed E-state index contributed by atoms with van der Waals surface area (Å²) in [5.41, 5.74) is 0. The topological polar surface area (TPSA) is 99.2 Å². The van der Waals surface area contributed by atoms with Gasteiger partial charge in [0.15, 0.2) is 0 Å². The molecule has 0 aliphatic carbocycles.